The van der Waals surface area contributed by atoms with Crippen LogP contribution < -0.4 is 14.8 Å². The molecule has 1 N–H and O–H groups in total. The van der Waals surface area contributed by atoms with Crippen molar-refractivity contribution in [1.29, 1.82) is 0 Å². The van der Waals surface area contributed by atoms with Crippen LogP contribution in [-0.2, 0) is 6.42 Å². The van der Waals surface area contributed by atoms with Gasteiger partial charge in [0.1, 0.15) is 11.5 Å². The van der Waals surface area contributed by atoms with E-state index in [1.807, 2.05) is 12.1 Å². The van der Waals surface area contributed by atoms with Crippen molar-refractivity contribution in [2.24, 2.45) is 0 Å². The van der Waals surface area contributed by atoms with Gasteiger partial charge >= 0.3 is 0 Å². The highest BCUT2D eigenvalue weighted by molar-refractivity contribution is 5.40. The van der Waals surface area contributed by atoms with Crippen LogP contribution in [0, 0.1) is 0 Å². The summed E-state index contributed by atoms with van der Waals surface area (Å²) >= 11 is 0. The van der Waals surface area contributed by atoms with Crippen molar-refractivity contribution in [3.8, 4) is 11.5 Å². The van der Waals surface area contributed by atoms with E-state index in [4.69, 9.17) is 9.47 Å². The van der Waals surface area contributed by atoms with Crippen molar-refractivity contribution in [2.45, 2.75) is 45.4 Å². The third-order valence-electron chi connectivity index (χ3n) is 3.46. The second-order valence-electron chi connectivity index (χ2n) is 5.09. The molecule has 20 heavy (non-hydrogen) atoms. The first-order chi connectivity index (χ1) is 9.81. The summed E-state index contributed by atoms with van der Waals surface area (Å²) < 4.78 is 10.7. The highest BCUT2D eigenvalue weighted by atomic mass is 16.5. The number of methoxy groups -OCH3 is 2. The number of benzene rings is 1. The van der Waals surface area contributed by atoms with Crippen LogP contribution in [0.1, 0.15) is 44.6 Å². The molecule has 0 radical (unpaired) electrons. The highest BCUT2D eigenvalue weighted by Crippen LogP contribution is 2.25. The van der Waals surface area contributed by atoms with Crippen molar-refractivity contribution in [2.75, 3.05) is 27.3 Å². The van der Waals surface area contributed by atoms with Gasteiger partial charge in [-0.25, -0.2) is 0 Å². The highest BCUT2D eigenvalue weighted by Gasteiger charge is 2.04. The molecule has 0 bridgehead atoms. The van der Waals surface area contributed by atoms with Gasteiger partial charge in [-0.2, -0.15) is 0 Å². The van der Waals surface area contributed by atoms with E-state index in [0.29, 0.717) is 0 Å². The molecule has 0 unspecified atom stereocenters. The van der Waals surface area contributed by atoms with Crippen molar-refractivity contribution < 1.29 is 9.47 Å². The van der Waals surface area contributed by atoms with Crippen LogP contribution in [-0.4, -0.2) is 27.3 Å². The molecular weight excluding hydrogens is 250 g/mol. The van der Waals surface area contributed by atoms with Crippen LogP contribution in [0.2, 0.25) is 0 Å². The Morgan fingerprint density at radius 3 is 2.45 bits per heavy atom. The van der Waals surface area contributed by atoms with Crippen molar-refractivity contribution >= 4 is 0 Å². The lowest BCUT2D eigenvalue weighted by Crippen LogP contribution is -2.15. The summed E-state index contributed by atoms with van der Waals surface area (Å²) in [5.41, 5.74) is 1.25. The smallest absolute Gasteiger partial charge is 0.122 e. The molecule has 0 aliphatic carbocycles. The molecule has 0 aromatic heterocycles. The fraction of sp³-hybridized carbons (Fsp3) is 0.647. The van der Waals surface area contributed by atoms with Gasteiger partial charge in [0.15, 0.2) is 0 Å². The molecule has 0 heterocycles. The average molecular weight is 279 g/mol. The summed E-state index contributed by atoms with van der Waals surface area (Å²) in [5, 5.41) is 3.44. The van der Waals surface area contributed by atoms with Gasteiger partial charge in [0.05, 0.1) is 14.2 Å². The third kappa shape index (κ3) is 6.29. The Hall–Kier alpha value is -1.22. The first-order valence-corrected chi connectivity index (χ1v) is 7.73. The van der Waals surface area contributed by atoms with Gasteiger partial charge in [0.2, 0.25) is 0 Å². The minimum atomic E-state index is 0.907. The van der Waals surface area contributed by atoms with Gasteiger partial charge in [-0.05, 0) is 62.5 Å². The lowest BCUT2D eigenvalue weighted by atomic mass is 10.0. The number of hydrogen-bond donors (Lipinski definition) is 1. The van der Waals surface area contributed by atoms with E-state index in [1.54, 1.807) is 14.2 Å². The Morgan fingerprint density at radius 2 is 1.75 bits per heavy atom. The summed E-state index contributed by atoms with van der Waals surface area (Å²) in [6.45, 7) is 4.49. The fourth-order valence-electron chi connectivity index (χ4n) is 2.30. The van der Waals surface area contributed by atoms with Gasteiger partial charge in [0, 0.05) is 0 Å². The molecule has 0 atom stereocenters. The van der Waals surface area contributed by atoms with Crippen LogP contribution >= 0.6 is 0 Å². The Kier molecular flexibility index (Phi) is 8.88. The van der Waals surface area contributed by atoms with Gasteiger partial charge in [-0.15, -0.1) is 0 Å². The normalized spacial score (nSPS) is 10.6. The van der Waals surface area contributed by atoms with E-state index in [0.717, 1.165) is 31.0 Å². The molecular formula is C17H29NO2. The maximum atomic E-state index is 5.40. The van der Waals surface area contributed by atoms with Crippen LogP contribution in [0.4, 0.5) is 0 Å². The van der Waals surface area contributed by atoms with Crippen LogP contribution in [0.15, 0.2) is 18.2 Å². The van der Waals surface area contributed by atoms with Crippen LogP contribution in [0.3, 0.4) is 0 Å². The summed E-state index contributed by atoms with van der Waals surface area (Å²) in [5.74, 6) is 1.87. The zero-order valence-electron chi connectivity index (χ0n) is 13.2. The van der Waals surface area contributed by atoms with Gasteiger partial charge in [-0.1, -0.05) is 19.8 Å². The van der Waals surface area contributed by atoms with Crippen molar-refractivity contribution in [1.82, 2.24) is 5.32 Å². The van der Waals surface area contributed by atoms with Gasteiger partial charge < -0.3 is 14.8 Å². The Labute approximate surface area is 123 Å². The molecule has 1 aromatic rings. The lowest BCUT2D eigenvalue weighted by molar-refractivity contribution is 0.398. The monoisotopic (exact) mass is 279 g/mol. The van der Waals surface area contributed by atoms with E-state index in [1.165, 1.54) is 37.7 Å². The maximum absolute atomic E-state index is 5.40. The molecule has 0 saturated carbocycles. The fourth-order valence-corrected chi connectivity index (χ4v) is 2.30. The molecule has 0 aliphatic heterocycles. The number of rotatable bonds is 11. The zero-order valence-corrected chi connectivity index (χ0v) is 13.2. The van der Waals surface area contributed by atoms with Crippen LogP contribution in [0.5, 0.6) is 11.5 Å². The average Bonchev–Trinajstić information content (AvgIpc) is 2.49. The predicted molar refractivity (Wildman–Crippen MR) is 84.9 cm³/mol. The molecule has 1 aromatic carbocycles. The maximum Gasteiger partial charge on any atom is 0.122 e. The lowest BCUT2D eigenvalue weighted by Gasteiger charge is -2.10. The Balaban J connectivity index is 2.24. The molecule has 3 heteroatoms. The number of unbranched alkanes of at least 4 members (excludes halogenated alkanes) is 3. The van der Waals surface area contributed by atoms with E-state index in [9.17, 15) is 0 Å². The van der Waals surface area contributed by atoms with E-state index >= 15 is 0 Å². The largest absolute Gasteiger partial charge is 0.497 e. The van der Waals surface area contributed by atoms with E-state index in [2.05, 4.69) is 18.3 Å². The van der Waals surface area contributed by atoms with Crippen LogP contribution in [0.25, 0.3) is 0 Å². The predicted octanol–water partition coefficient (Wildman–Crippen LogP) is 3.81. The molecule has 0 saturated heterocycles. The zero-order chi connectivity index (χ0) is 14.6. The molecule has 0 amide bonds. The topological polar surface area (TPSA) is 30.5 Å². The summed E-state index contributed by atoms with van der Waals surface area (Å²) in [4.78, 5) is 0. The molecule has 0 spiro atoms. The summed E-state index contributed by atoms with van der Waals surface area (Å²) in [6.07, 6.45) is 7.32. The second kappa shape index (κ2) is 10.6. The number of nitrogens with one attached hydrogen (secondary N) is 1. The van der Waals surface area contributed by atoms with E-state index < -0.39 is 0 Å². The Bertz CT molecular complexity index is 366. The third-order valence-corrected chi connectivity index (χ3v) is 3.46. The number of aryl methyl sites for hydroxylation is 1. The van der Waals surface area contributed by atoms with Gasteiger partial charge in [-0.3, -0.25) is 0 Å². The minimum absolute atomic E-state index is 0.907. The number of ether oxygens (including phenoxy) is 2. The standard InChI is InChI=1S/C17H29NO2/c1-4-12-18-13-8-6-5-7-9-15-14-16(19-2)10-11-17(15)20-3/h10-11,14,18H,4-9,12-13H2,1-3H3. The van der Waals surface area contributed by atoms with E-state index in [-0.39, 0.29) is 0 Å². The quantitative estimate of drug-likeness (QED) is 0.625. The number of hydrogen-bond acceptors (Lipinski definition) is 3. The molecule has 0 fully saturated rings. The van der Waals surface area contributed by atoms with Gasteiger partial charge in [0.25, 0.3) is 0 Å². The Morgan fingerprint density at radius 1 is 0.950 bits per heavy atom. The SMILES string of the molecule is CCCNCCCCCCc1cc(OC)ccc1OC. The molecule has 3 nitrogen and oxygen atoms in total. The minimum Gasteiger partial charge on any atom is -0.497 e. The molecule has 0 aliphatic rings. The summed E-state index contributed by atoms with van der Waals surface area (Å²) in [6, 6.07) is 6.02. The molecule has 1 rings (SSSR count). The van der Waals surface area contributed by atoms with Crippen molar-refractivity contribution in [3.05, 3.63) is 23.8 Å². The first kappa shape index (κ1) is 16.8. The summed E-state index contributed by atoms with van der Waals surface area (Å²) in [7, 11) is 3.43. The molecule has 114 valence electrons. The van der Waals surface area contributed by atoms with Crippen molar-refractivity contribution in [3.63, 3.8) is 0 Å². The first-order valence-electron chi connectivity index (χ1n) is 7.73. The second-order valence-corrected chi connectivity index (χ2v) is 5.09.